The molecule has 1 N–H and O–H groups in total. The van der Waals surface area contributed by atoms with Crippen molar-refractivity contribution in [2.24, 2.45) is 0 Å². The monoisotopic (exact) mass is 285 g/mol. The SMILES string of the molecule is O=C(O)c1ccc(-c2cc(Cl)ccc2Cl)nc1F. The Bertz CT molecular complexity index is 631. The minimum absolute atomic E-state index is 0.227. The van der Waals surface area contributed by atoms with Crippen LogP contribution in [0.2, 0.25) is 10.0 Å². The van der Waals surface area contributed by atoms with Crippen molar-refractivity contribution in [3.8, 4) is 11.3 Å². The van der Waals surface area contributed by atoms with Crippen LogP contribution >= 0.6 is 23.2 Å². The molecule has 92 valence electrons. The number of hydrogen-bond donors (Lipinski definition) is 1. The minimum Gasteiger partial charge on any atom is -0.478 e. The molecule has 0 fully saturated rings. The summed E-state index contributed by atoms with van der Waals surface area (Å²) in [5.74, 6) is -2.43. The summed E-state index contributed by atoms with van der Waals surface area (Å²) < 4.78 is 13.5. The van der Waals surface area contributed by atoms with Gasteiger partial charge >= 0.3 is 5.97 Å². The lowest BCUT2D eigenvalue weighted by Gasteiger charge is -2.05. The fourth-order valence-corrected chi connectivity index (χ4v) is 1.82. The molecular formula is C12H6Cl2FNO2. The maximum Gasteiger partial charge on any atom is 0.340 e. The molecule has 0 saturated carbocycles. The quantitative estimate of drug-likeness (QED) is 0.852. The molecule has 0 atom stereocenters. The van der Waals surface area contributed by atoms with E-state index in [-0.39, 0.29) is 5.69 Å². The number of hydrogen-bond acceptors (Lipinski definition) is 2. The van der Waals surface area contributed by atoms with Gasteiger partial charge in [0.05, 0.1) is 10.7 Å². The Morgan fingerprint density at radius 2 is 1.94 bits per heavy atom. The molecule has 0 radical (unpaired) electrons. The Morgan fingerprint density at radius 3 is 2.56 bits per heavy atom. The van der Waals surface area contributed by atoms with Gasteiger partial charge in [0.25, 0.3) is 0 Å². The number of aromatic nitrogens is 1. The summed E-state index contributed by atoms with van der Waals surface area (Å²) in [6, 6.07) is 7.20. The third kappa shape index (κ3) is 2.44. The van der Waals surface area contributed by atoms with Crippen LogP contribution in [0.1, 0.15) is 10.4 Å². The summed E-state index contributed by atoms with van der Waals surface area (Å²) in [6.45, 7) is 0. The number of rotatable bonds is 2. The van der Waals surface area contributed by atoms with Gasteiger partial charge in [0.1, 0.15) is 5.56 Å². The van der Waals surface area contributed by atoms with Gasteiger partial charge in [-0.15, -0.1) is 0 Å². The van der Waals surface area contributed by atoms with Gasteiger partial charge in [0.15, 0.2) is 0 Å². The molecule has 1 aromatic carbocycles. The lowest BCUT2D eigenvalue weighted by Crippen LogP contribution is -2.03. The van der Waals surface area contributed by atoms with Crippen molar-refractivity contribution in [1.82, 2.24) is 4.98 Å². The maximum atomic E-state index is 13.5. The molecule has 0 unspecified atom stereocenters. The van der Waals surface area contributed by atoms with Crippen LogP contribution in [0.25, 0.3) is 11.3 Å². The van der Waals surface area contributed by atoms with E-state index in [1.807, 2.05) is 0 Å². The molecule has 0 amide bonds. The molecule has 0 aliphatic heterocycles. The standard InChI is InChI=1S/C12H6Cl2FNO2/c13-6-1-3-9(14)8(5-6)10-4-2-7(12(17)18)11(15)16-10/h1-5H,(H,17,18). The summed E-state index contributed by atoms with van der Waals surface area (Å²) in [4.78, 5) is 14.2. The first-order chi connectivity index (χ1) is 8.49. The number of carbonyl (C=O) groups is 1. The lowest BCUT2D eigenvalue weighted by molar-refractivity contribution is 0.0691. The highest BCUT2D eigenvalue weighted by Crippen LogP contribution is 2.29. The number of aromatic carboxylic acids is 1. The van der Waals surface area contributed by atoms with Crippen LogP contribution < -0.4 is 0 Å². The second kappa shape index (κ2) is 4.92. The molecule has 0 bridgehead atoms. The molecule has 0 saturated heterocycles. The van der Waals surface area contributed by atoms with Crippen LogP contribution in [-0.4, -0.2) is 16.1 Å². The first-order valence-corrected chi connectivity index (χ1v) is 5.60. The van der Waals surface area contributed by atoms with Gasteiger partial charge in [-0.1, -0.05) is 23.2 Å². The van der Waals surface area contributed by atoms with Crippen molar-refractivity contribution >= 4 is 29.2 Å². The Hall–Kier alpha value is -1.65. The molecule has 3 nitrogen and oxygen atoms in total. The lowest BCUT2D eigenvalue weighted by atomic mass is 10.1. The van der Waals surface area contributed by atoms with Crippen molar-refractivity contribution in [2.45, 2.75) is 0 Å². The average Bonchev–Trinajstić information content (AvgIpc) is 2.31. The summed E-state index contributed by atoms with van der Waals surface area (Å²) >= 11 is 11.8. The number of benzene rings is 1. The van der Waals surface area contributed by atoms with E-state index in [2.05, 4.69) is 4.98 Å². The van der Waals surface area contributed by atoms with Crippen LogP contribution in [0.4, 0.5) is 4.39 Å². The van der Waals surface area contributed by atoms with Crippen molar-refractivity contribution in [3.63, 3.8) is 0 Å². The zero-order chi connectivity index (χ0) is 13.3. The van der Waals surface area contributed by atoms with E-state index in [4.69, 9.17) is 28.3 Å². The fraction of sp³-hybridized carbons (Fsp3) is 0. The predicted molar refractivity (Wildman–Crippen MR) is 66.6 cm³/mol. The zero-order valence-electron chi connectivity index (χ0n) is 8.82. The minimum atomic E-state index is -1.37. The molecule has 6 heteroatoms. The first kappa shape index (κ1) is 12.8. The second-order valence-electron chi connectivity index (χ2n) is 3.46. The van der Waals surface area contributed by atoms with E-state index in [1.54, 1.807) is 12.1 Å². The van der Waals surface area contributed by atoms with Crippen molar-refractivity contribution in [3.05, 3.63) is 51.9 Å². The molecule has 0 aliphatic rings. The van der Waals surface area contributed by atoms with Crippen LogP contribution in [0.15, 0.2) is 30.3 Å². The van der Waals surface area contributed by atoms with Crippen molar-refractivity contribution < 1.29 is 14.3 Å². The van der Waals surface area contributed by atoms with Crippen LogP contribution in [0.5, 0.6) is 0 Å². The van der Waals surface area contributed by atoms with Crippen molar-refractivity contribution in [1.29, 1.82) is 0 Å². The van der Waals surface area contributed by atoms with E-state index in [1.165, 1.54) is 12.1 Å². The van der Waals surface area contributed by atoms with E-state index >= 15 is 0 Å². The van der Waals surface area contributed by atoms with Gasteiger partial charge < -0.3 is 5.11 Å². The van der Waals surface area contributed by atoms with Gasteiger partial charge in [0.2, 0.25) is 5.95 Å². The normalized spacial score (nSPS) is 10.4. The average molecular weight is 286 g/mol. The molecule has 2 rings (SSSR count). The molecule has 0 spiro atoms. The van der Waals surface area contributed by atoms with Crippen LogP contribution in [0, 0.1) is 5.95 Å². The summed E-state index contributed by atoms with van der Waals surface area (Å²) in [5.41, 5.74) is 0.182. The van der Waals surface area contributed by atoms with Crippen LogP contribution in [0.3, 0.4) is 0 Å². The topological polar surface area (TPSA) is 50.2 Å². The number of pyridine rings is 1. The van der Waals surface area contributed by atoms with Gasteiger partial charge in [-0.25, -0.2) is 9.78 Å². The molecular weight excluding hydrogens is 280 g/mol. The zero-order valence-corrected chi connectivity index (χ0v) is 10.3. The smallest absolute Gasteiger partial charge is 0.340 e. The molecule has 1 heterocycles. The third-order valence-electron chi connectivity index (χ3n) is 2.28. The first-order valence-electron chi connectivity index (χ1n) is 4.84. The Morgan fingerprint density at radius 1 is 1.22 bits per heavy atom. The number of halogens is 3. The highest BCUT2D eigenvalue weighted by Gasteiger charge is 2.14. The van der Waals surface area contributed by atoms with Crippen LogP contribution in [-0.2, 0) is 0 Å². The Balaban J connectivity index is 2.55. The molecule has 1 aromatic heterocycles. The van der Waals surface area contributed by atoms with Gasteiger partial charge in [-0.05, 0) is 30.3 Å². The summed E-state index contributed by atoms with van der Waals surface area (Å²) in [6.07, 6.45) is 0. The molecule has 18 heavy (non-hydrogen) atoms. The number of carboxylic acids is 1. The van der Waals surface area contributed by atoms with Gasteiger partial charge in [-0.2, -0.15) is 4.39 Å². The largest absolute Gasteiger partial charge is 0.478 e. The second-order valence-corrected chi connectivity index (χ2v) is 4.31. The van der Waals surface area contributed by atoms with E-state index in [0.717, 1.165) is 6.07 Å². The van der Waals surface area contributed by atoms with E-state index < -0.39 is 17.5 Å². The van der Waals surface area contributed by atoms with Gasteiger partial charge in [-0.3, -0.25) is 0 Å². The highest BCUT2D eigenvalue weighted by atomic mass is 35.5. The summed E-state index contributed by atoms with van der Waals surface area (Å²) in [5, 5.41) is 9.48. The fourth-order valence-electron chi connectivity index (χ4n) is 1.44. The number of carboxylic acid groups (broad SMARTS) is 1. The van der Waals surface area contributed by atoms with Gasteiger partial charge in [0, 0.05) is 10.6 Å². The molecule has 2 aromatic rings. The molecule has 0 aliphatic carbocycles. The Kier molecular flexibility index (Phi) is 3.50. The highest BCUT2D eigenvalue weighted by molar-refractivity contribution is 6.35. The maximum absolute atomic E-state index is 13.5. The third-order valence-corrected chi connectivity index (χ3v) is 2.85. The predicted octanol–water partition coefficient (Wildman–Crippen LogP) is 3.89. The Labute approximate surface area is 112 Å². The summed E-state index contributed by atoms with van der Waals surface area (Å²) in [7, 11) is 0. The van der Waals surface area contributed by atoms with E-state index in [0.29, 0.717) is 15.6 Å². The van der Waals surface area contributed by atoms with E-state index in [9.17, 15) is 9.18 Å². The number of nitrogens with zero attached hydrogens (tertiary/aromatic N) is 1. The van der Waals surface area contributed by atoms with Crippen molar-refractivity contribution in [2.75, 3.05) is 0 Å².